The summed E-state index contributed by atoms with van der Waals surface area (Å²) < 4.78 is 0. The molecule has 2 atom stereocenters. The zero-order valence-corrected chi connectivity index (χ0v) is 13.6. The van der Waals surface area contributed by atoms with Crippen LogP contribution < -0.4 is 10.7 Å². The van der Waals surface area contributed by atoms with E-state index in [2.05, 4.69) is 20.7 Å². The lowest BCUT2D eigenvalue weighted by molar-refractivity contribution is -0.130. The van der Waals surface area contributed by atoms with E-state index < -0.39 is 23.4 Å². The summed E-state index contributed by atoms with van der Waals surface area (Å²) in [6.07, 6.45) is 3.86. The van der Waals surface area contributed by atoms with E-state index in [1.54, 1.807) is 19.4 Å². The molecule has 1 aromatic heterocycles. The predicted molar refractivity (Wildman–Crippen MR) is 87.6 cm³/mol. The second kappa shape index (κ2) is 6.81. The molecule has 1 aliphatic rings. The van der Waals surface area contributed by atoms with Gasteiger partial charge >= 0.3 is 0 Å². The van der Waals surface area contributed by atoms with Gasteiger partial charge in [-0.2, -0.15) is 0 Å². The van der Waals surface area contributed by atoms with Crippen molar-refractivity contribution in [1.82, 2.24) is 25.7 Å². The number of aromatic hydroxyl groups is 2. The zero-order valence-electron chi connectivity index (χ0n) is 13.6. The largest absolute Gasteiger partial charge is 0.504 e. The van der Waals surface area contributed by atoms with Crippen LogP contribution in [0.4, 0.5) is 0 Å². The molecule has 3 rings (SSSR count). The van der Waals surface area contributed by atoms with Crippen molar-refractivity contribution in [2.75, 3.05) is 6.54 Å². The molecule has 5 N–H and O–H groups in total. The van der Waals surface area contributed by atoms with Crippen molar-refractivity contribution in [3.05, 3.63) is 42.0 Å². The number of aromatic nitrogens is 2. The van der Waals surface area contributed by atoms with Gasteiger partial charge in [-0.05, 0) is 19.1 Å². The van der Waals surface area contributed by atoms with Gasteiger partial charge in [-0.1, -0.05) is 6.07 Å². The minimum Gasteiger partial charge on any atom is -0.504 e. The zero-order chi connectivity index (χ0) is 18.0. The highest BCUT2D eigenvalue weighted by Crippen LogP contribution is 2.28. The summed E-state index contributed by atoms with van der Waals surface area (Å²) in [4.78, 5) is 31.7. The number of para-hydroxylation sites is 1. The first-order valence-electron chi connectivity index (χ1n) is 7.84. The molecule has 2 aromatic rings. The van der Waals surface area contributed by atoms with Crippen LogP contribution in [0.2, 0.25) is 0 Å². The van der Waals surface area contributed by atoms with E-state index >= 15 is 0 Å². The average molecular weight is 345 g/mol. The summed E-state index contributed by atoms with van der Waals surface area (Å²) in [6, 6.07) is 3.01. The second-order valence-corrected chi connectivity index (χ2v) is 5.86. The van der Waals surface area contributed by atoms with Crippen LogP contribution in [-0.4, -0.2) is 55.6 Å². The van der Waals surface area contributed by atoms with Gasteiger partial charge < -0.3 is 20.5 Å². The van der Waals surface area contributed by atoms with Crippen molar-refractivity contribution in [3.8, 4) is 11.5 Å². The van der Waals surface area contributed by atoms with Gasteiger partial charge in [0.1, 0.15) is 6.04 Å². The van der Waals surface area contributed by atoms with Gasteiger partial charge in [-0.15, -0.1) is 0 Å². The molecular formula is C16H19N5O4. The quantitative estimate of drug-likeness (QED) is 0.481. The third kappa shape index (κ3) is 3.41. The molecule has 25 heavy (non-hydrogen) atoms. The molecular weight excluding hydrogens is 326 g/mol. The van der Waals surface area contributed by atoms with Gasteiger partial charge in [0.15, 0.2) is 11.5 Å². The van der Waals surface area contributed by atoms with Crippen molar-refractivity contribution in [2.24, 2.45) is 0 Å². The van der Waals surface area contributed by atoms with Crippen LogP contribution in [0.1, 0.15) is 23.0 Å². The highest BCUT2D eigenvalue weighted by atomic mass is 16.3. The van der Waals surface area contributed by atoms with Gasteiger partial charge in [0.05, 0.1) is 17.9 Å². The molecule has 9 nitrogen and oxygen atoms in total. The molecule has 0 unspecified atom stereocenters. The summed E-state index contributed by atoms with van der Waals surface area (Å²) in [7, 11) is 0. The van der Waals surface area contributed by atoms with E-state index in [4.69, 9.17) is 0 Å². The van der Waals surface area contributed by atoms with Crippen LogP contribution >= 0.6 is 0 Å². The standard InChI is InChI=1S/C16H19N5O4/c1-9-13(19-15(24)11-3-2-4-12(22)14(11)23)16(25)21(20-9)6-5-10-7-17-8-18-10/h2-4,7-9,13,20,22-23H,5-6H2,1H3,(H,17,18)(H,19,24)/t9-,13+/m1/s1. The number of nitrogens with zero attached hydrogens (tertiary/aromatic N) is 2. The molecule has 1 saturated heterocycles. The van der Waals surface area contributed by atoms with Gasteiger partial charge in [0.2, 0.25) is 0 Å². The Morgan fingerprint density at radius 3 is 2.92 bits per heavy atom. The van der Waals surface area contributed by atoms with E-state index in [9.17, 15) is 19.8 Å². The number of carbonyl (C=O) groups is 2. The van der Waals surface area contributed by atoms with Crippen molar-refractivity contribution >= 4 is 11.8 Å². The van der Waals surface area contributed by atoms with E-state index in [-0.39, 0.29) is 17.5 Å². The van der Waals surface area contributed by atoms with E-state index in [0.29, 0.717) is 13.0 Å². The Balaban J connectivity index is 1.65. The minimum absolute atomic E-state index is 0.0871. The SMILES string of the molecule is C[C@H]1NN(CCc2cnc[nH]2)C(=O)[C@H]1NC(=O)c1cccc(O)c1O. The molecule has 9 heteroatoms. The Hall–Kier alpha value is -3.07. The summed E-state index contributed by atoms with van der Waals surface area (Å²) in [5, 5.41) is 23.3. The van der Waals surface area contributed by atoms with Gasteiger partial charge in [0.25, 0.3) is 11.8 Å². The van der Waals surface area contributed by atoms with Crippen molar-refractivity contribution in [3.63, 3.8) is 0 Å². The second-order valence-electron chi connectivity index (χ2n) is 5.86. The molecule has 2 heterocycles. The number of phenolic OH excluding ortho intramolecular Hbond substituents is 2. The molecule has 132 valence electrons. The maximum absolute atomic E-state index is 12.5. The molecule has 0 radical (unpaired) electrons. The van der Waals surface area contributed by atoms with Crippen LogP contribution in [0.25, 0.3) is 0 Å². The Bertz CT molecular complexity index is 777. The molecule has 1 aliphatic heterocycles. The molecule has 0 aliphatic carbocycles. The maximum Gasteiger partial charge on any atom is 0.260 e. The number of amides is 2. The number of hydrazine groups is 1. The van der Waals surface area contributed by atoms with Gasteiger partial charge in [-0.25, -0.2) is 10.4 Å². The summed E-state index contributed by atoms with van der Waals surface area (Å²) >= 11 is 0. The summed E-state index contributed by atoms with van der Waals surface area (Å²) in [6.45, 7) is 2.20. The Morgan fingerprint density at radius 2 is 2.20 bits per heavy atom. The summed E-state index contributed by atoms with van der Waals surface area (Å²) in [5.41, 5.74) is 3.84. The highest BCUT2D eigenvalue weighted by molar-refractivity contribution is 6.00. The van der Waals surface area contributed by atoms with Crippen molar-refractivity contribution in [1.29, 1.82) is 0 Å². The number of H-pyrrole nitrogens is 1. The van der Waals surface area contributed by atoms with Crippen LogP contribution in [-0.2, 0) is 11.2 Å². The van der Waals surface area contributed by atoms with Crippen LogP contribution in [0.5, 0.6) is 11.5 Å². The first-order chi connectivity index (χ1) is 12.0. The lowest BCUT2D eigenvalue weighted by atomic mass is 10.1. The molecule has 0 spiro atoms. The van der Waals surface area contributed by atoms with Crippen molar-refractivity contribution < 1.29 is 19.8 Å². The number of hydrogen-bond acceptors (Lipinski definition) is 6. The number of phenols is 2. The number of imidazole rings is 1. The normalized spacial score (nSPS) is 20.0. The fourth-order valence-corrected chi connectivity index (χ4v) is 2.71. The number of nitrogens with one attached hydrogen (secondary N) is 3. The number of carbonyl (C=O) groups excluding carboxylic acids is 2. The lowest BCUT2D eigenvalue weighted by Gasteiger charge is -2.16. The monoisotopic (exact) mass is 345 g/mol. The van der Waals surface area contributed by atoms with Gasteiger partial charge in [-0.3, -0.25) is 14.6 Å². The molecule has 1 fully saturated rings. The van der Waals surface area contributed by atoms with E-state index in [1.807, 2.05) is 0 Å². The summed E-state index contributed by atoms with van der Waals surface area (Å²) in [5.74, 6) is -1.80. The van der Waals surface area contributed by atoms with Gasteiger partial charge in [0, 0.05) is 24.9 Å². The molecule has 0 saturated carbocycles. The highest BCUT2D eigenvalue weighted by Gasteiger charge is 2.38. The first-order valence-corrected chi connectivity index (χ1v) is 7.84. The Kier molecular flexibility index (Phi) is 4.57. The van der Waals surface area contributed by atoms with Crippen LogP contribution in [0, 0.1) is 0 Å². The topological polar surface area (TPSA) is 131 Å². The van der Waals surface area contributed by atoms with Crippen LogP contribution in [0.3, 0.4) is 0 Å². The number of rotatable bonds is 5. The fraction of sp³-hybridized carbons (Fsp3) is 0.312. The fourth-order valence-electron chi connectivity index (χ4n) is 2.71. The number of aromatic amines is 1. The van der Waals surface area contributed by atoms with E-state index in [1.165, 1.54) is 23.2 Å². The number of hydrogen-bond donors (Lipinski definition) is 5. The minimum atomic E-state index is -0.768. The molecule has 0 bridgehead atoms. The van der Waals surface area contributed by atoms with E-state index in [0.717, 1.165) is 5.69 Å². The average Bonchev–Trinajstić information content (AvgIpc) is 3.19. The third-order valence-corrected chi connectivity index (χ3v) is 4.10. The Labute approximate surface area is 143 Å². The van der Waals surface area contributed by atoms with Crippen molar-refractivity contribution in [2.45, 2.75) is 25.4 Å². The van der Waals surface area contributed by atoms with Crippen LogP contribution in [0.15, 0.2) is 30.7 Å². The first kappa shape index (κ1) is 16.8. The smallest absolute Gasteiger partial charge is 0.260 e. The molecule has 2 amide bonds. The predicted octanol–water partition coefficient (Wildman–Crippen LogP) is -0.103. The maximum atomic E-state index is 12.5. The lowest BCUT2D eigenvalue weighted by Crippen LogP contribution is -2.45. The Morgan fingerprint density at radius 1 is 1.40 bits per heavy atom. The number of benzene rings is 1. The molecule has 1 aromatic carbocycles. The third-order valence-electron chi connectivity index (χ3n) is 4.10.